The molecular weight excluding hydrogens is 576 g/mol. The molecule has 226 valence electrons. The van der Waals surface area contributed by atoms with Crippen molar-refractivity contribution in [3.05, 3.63) is 119 Å². The van der Waals surface area contributed by atoms with Gasteiger partial charge in [0, 0.05) is 37.9 Å². The van der Waals surface area contributed by atoms with Crippen LogP contribution in [0.2, 0.25) is 0 Å². The lowest BCUT2D eigenvalue weighted by Gasteiger charge is -2.26. The monoisotopic (exact) mass is 610 g/mol. The average molecular weight is 611 g/mol. The summed E-state index contributed by atoms with van der Waals surface area (Å²) in [6.07, 6.45) is 3.34. The molecule has 1 aliphatic heterocycles. The summed E-state index contributed by atoms with van der Waals surface area (Å²) in [5, 5.41) is 3.75. The summed E-state index contributed by atoms with van der Waals surface area (Å²) in [5.41, 5.74) is 9.25. The van der Waals surface area contributed by atoms with Gasteiger partial charge in [0.1, 0.15) is 35.7 Å². The number of imidazole rings is 1. The second-order valence-electron chi connectivity index (χ2n) is 10.2. The summed E-state index contributed by atoms with van der Waals surface area (Å²) in [6, 6.07) is 28.1. The molecule has 0 saturated carbocycles. The van der Waals surface area contributed by atoms with Gasteiger partial charge in [0.2, 0.25) is 0 Å². The molecule has 0 bridgehead atoms. The van der Waals surface area contributed by atoms with Crippen molar-refractivity contribution in [1.29, 1.82) is 0 Å². The fraction of sp³-hybridized carbons (Fsp3) is 0.212. The Bertz CT molecular complexity index is 1790. The first-order valence-corrected chi connectivity index (χ1v) is 15.6. The molecule has 5 aromatic rings. The lowest BCUT2D eigenvalue weighted by molar-refractivity contribution is 0.216. The van der Waals surface area contributed by atoms with E-state index in [9.17, 15) is 9.00 Å². The van der Waals surface area contributed by atoms with Gasteiger partial charge in [0.05, 0.1) is 29.8 Å². The summed E-state index contributed by atoms with van der Waals surface area (Å²) in [7, 11) is -1.62. The zero-order valence-corrected chi connectivity index (χ0v) is 25.0. The molecule has 0 radical (unpaired) electrons. The number of aromatic nitrogens is 3. The molecule has 3 heterocycles. The minimum atomic E-state index is -1.62. The molecule has 10 nitrogen and oxygen atoms in total. The zero-order valence-electron chi connectivity index (χ0n) is 24.2. The van der Waals surface area contributed by atoms with Gasteiger partial charge in [-0.25, -0.2) is 13.3 Å². The first kappa shape index (κ1) is 29.4. The van der Waals surface area contributed by atoms with Crippen LogP contribution in [0.4, 0.5) is 5.69 Å². The van der Waals surface area contributed by atoms with Crippen LogP contribution in [0.25, 0.3) is 16.9 Å². The Labute approximate surface area is 258 Å². The molecule has 6 rings (SSSR count). The Morgan fingerprint density at radius 3 is 2.34 bits per heavy atom. The van der Waals surface area contributed by atoms with Crippen LogP contribution < -0.4 is 26.2 Å². The second kappa shape index (κ2) is 13.7. The Morgan fingerprint density at radius 2 is 1.59 bits per heavy atom. The molecule has 1 aliphatic rings. The number of ether oxygens (including phenoxy) is 2. The molecule has 11 heteroatoms. The topological polar surface area (TPSA) is 117 Å². The maximum atomic E-state index is 14.4. The number of anilines is 1. The first-order chi connectivity index (χ1) is 21.6. The van der Waals surface area contributed by atoms with Gasteiger partial charge in [0.25, 0.3) is 0 Å². The van der Waals surface area contributed by atoms with Gasteiger partial charge in [-0.1, -0.05) is 54.6 Å². The summed E-state index contributed by atoms with van der Waals surface area (Å²) in [5.74, 6) is 1.32. The van der Waals surface area contributed by atoms with Crippen LogP contribution >= 0.6 is 0 Å². The summed E-state index contributed by atoms with van der Waals surface area (Å²) < 4.78 is 31.2. The van der Waals surface area contributed by atoms with Crippen molar-refractivity contribution in [3.63, 3.8) is 0 Å². The van der Waals surface area contributed by atoms with E-state index in [1.807, 2.05) is 89.2 Å². The molecular formula is C33H34N6O4S. The largest absolute Gasteiger partial charge is 0.490 e. The van der Waals surface area contributed by atoms with E-state index in [1.165, 1.54) is 0 Å². The molecule has 1 atom stereocenters. The number of hydrogen-bond acceptors (Lipinski definition) is 7. The SMILES string of the molecule is Nc1ccccc1-n1c(-c2ccccc2)c(S(=O)N2CCNCC2)n(Cc2cccc(OCCOc3cccnc3)c2)c1=O. The number of piperazine rings is 1. The number of pyridine rings is 1. The highest BCUT2D eigenvalue weighted by Crippen LogP contribution is 2.32. The van der Waals surface area contributed by atoms with Crippen LogP contribution in [0.5, 0.6) is 11.5 Å². The predicted octanol–water partition coefficient (Wildman–Crippen LogP) is 3.72. The van der Waals surface area contributed by atoms with Crippen molar-refractivity contribution in [2.75, 3.05) is 45.1 Å². The van der Waals surface area contributed by atoms with Crippen LogP contribution in [0.1, 0.15) is 5.56 Å². The average Bonchev–Trinajstić information content (AvgIpc) is 3.35. The quantitative estimate of drug-likeness (QED) is 0.173. The van der Waals surface area contributed by atoms with Crippen molar-refractivity contribution in [3.8, 4) is 28.4 Å². The number of nitrogens with one attached hydrogen (secondary N) is 1. The minimum absolute atomic E-state index is 0.189. The second-order valence-corrected chi connectivity index (χ2v) is 11.6. The third kappa shape index (κ3) is 6.45. The fourth-order valence-corrected chi connectivity index (χ4v) is 6.67. The molecule has 44 heavy (non-hydrogen) atoms. The van der Waals surface area contributed by atoms with E-state index >= 15 is 0 Å². The van der Waals surface area contributed by atoms with Gasteiger partial charge in [-0.2, -0.15) is 0 Å². The standard InChI is InChI=1S/C33H34N6O4S/c34-29-13-4-5-14-30(29)39-31(26-9-2-1-3-10-26)32(44(41)37-18-16-35-17-19-37)38(33(39)40)24-25-8-6-11-27(22-25)42-20-21-43-28-12-7-15-36-23-28/h1-15,22-23,35H,16-21,24,34H2. The summed E-state index contributed by atoms with van der Waals surface area (Å²) in [4.78, 5) is 18.5. The highest BCUT2D eigenvalue weighted by atomic mass is 32.2. The molecule has 3 N–H and O–H groups in total. The fourth-order valence-electron chi connectivity index (χ4n) is 5.21. The maximum Gasteiger partial charge on any atom is 0.334 e. The number of nitrogen functional groups attached to an aromatic ring is 1. The maximum absolute atomic E-state index is 14.4. The predicted molar refractivity (Wildman–Crippen MR) is 171 cm³/mol. The Hall–Kier alpha value is -4.71. The van der Waals surface area contributed by atoms with Crippen molar-refractivity contribution < 1.29 is 13.7 Å². The van der Waals surface area contributed by atoms with E-state index < -0.39 is 11.0 Å². The van der Waals surface area contributed by atoms with Crippen molar-refractivity contribution >= 4 is 16.7 Å². The number of nitrogens with two attached hydrogens (primary N) is 1. The number of para-hydroxylation sites is 2. The van der Waals surface area contributed by atoms with Gasteiger partial charge in [-0.15, -0.1) is 0 Å². The lowest BCUT2D eigenvalue weighted by Crippen LogP contribution is -2.44. The van der Waals surface area contributed by atoms with Gasteiger partial charge >= 0.3 is 5.69 Å². The third-order valence-electron chi connectivity index (χ3n) is 7.29. The first-order valence-electron chi connectivity index (χ1n) is 14.5. The van der Waals surface area contributed by atoms with Gasteiger partial charge in [-0.3, -0.25) is 14.1 Å². The van der Waals surface area contributed by atoms with E-state index in [0.29, 0.717) is 73.0 Å². The molecule has 1 saturated heterocycles. The normalized spacial score (nSPS) is 14.3. The number of benzene rings is 3. The van der Waals surface area contributed by atoms with Crippen LogP contribution in [-0.2, 0) is 17.5 Å². The van der Waals surface area contributed by atoms with Crippen LogP contribution in [0, 0.1) is 0 Å². The van der Waals surface area contributed by atoms with Crippen LogP contribution in [-0.4, -0.2) is 62.0 Å². The molecule has 1 fully saturated rings. The molecule has 0 spiro atoms. The number of hydrogen-bond donors (Lipinski definition) is 2. The Kier molecular flexibility index (Phi) is 9.16. The Balaban J connectivity index is 1.39. The number of nitrogens with zero attached hydrogens (tertiary/aromatic N) is 4. The molecule has 3 aromatic carbocycles. The number of rotatable bonds is 11. The third-order valence-corrected chi connectivity index (χ3v) is 8.87. The smallest absolute Gasteiger partial charge is 0.334 e. The summed E-state index contributed by atoms with van der Waals surface area (Å²) >= 11 is 0. The van der Waals surface area contributed by atoms with Crippen molar-refractivity contribution in [1.82, 2.24) is 23.7 Å². The van der Waals surface area contributed by atoms with E-state index in [1.54, 1.807) is 27.6 Å². The van der Waals surface area contributed by atoms with E-state index in [4.69, 9.17) is 15.2 Å². The highest BCUT2D eigenvalue weighted by molar-refractivity contribution is 7.82. The van der Waals surface area contributed by atoms with E-state index in [0.717, 1.165) is 11.1 Å². The lowest BCUT2D eigenvalue weighted by atomic mass is 10.1. The highest BCUT2D eigenvalue weighted by Gasteiger charge is 2.31. The molecule has 1 unspecified atom stereocenters. The summed E-state index contributed by atoms with van der Waals surface area (Å²) in [6.45, 7) is 3.49. The van der Waals surface area contributed by atoms with Crippen LogP contribution in [0.3, 0.4) is 0 Å². The molecule has 0 aliphatic carbocycles. The van der Waals surface area contributed by atoms with Crippen LogP contribution in [0.15, 0.2) is 113 Å². The van der Waals surface area contributed by atoms with Crippen molar-refractivity contribution in [2.24, 2.45) is 0 Å². The van der Waals surface area contributed by atoms with E-state index in [-0.39, 0.29) is 12.2 Å². The molecule has 2 aromatic heterocycles. The van der Waals surface area contributed by atoms with Gasteiger partial charge in [0.15, 0.2) is 5.03 Å². The molecule has 0 amide bonds. The van der Waals surface area contributed by atoms with E-state index in [2.05, 4.69) is 10.3 Å². The van der Waals surface area contributed by atoms with Gasteiger partial charge < -0.3 is 20.5 Å². The van der Waals surface area contributed by atoms with Crippen molar-refractivity contribution in [2.45, 2.75) is 11.6 Å². The zero-order chi connectivity index (χ0) is 30.3. The minimum Gasteiger partial charge on any atom is -0.490 e. The Morgan fingerprint density at radius 1 is 0.864 bits per heavy atom. The van der Waals surface area contributed by atoms with Gasteiger partial charge in [-0.05, 0) is 42.0 Å².